The maximum Gasteiger partial charge on any atom is 0.267 e. The first-order valence-electron chi connectivity index (χ1n) is 7.81. The number of thiazole rings is 1. The zero-order valence-corrected chi connectivity index (χ0v) is 15.0. The summed E-state index contributed by atoms with van der Waals surface area (Å²) >= 11 is 1.27. The Bertz CT molecular complexity index is 899. The highest BCUT2D eigenvalue weighted by Gasteiger charge is 2.17. The van der Waals surface area contributed by atoms with Gasteiger partial charge in [-0.2, -0.15) is 0 Å². The van der Waals surface area contributed by atoms with Crippen molar-refractivity contribution in [3.63, 3.8) is 0 Å². The number of anilines is 3. The second-order valence-electron chi connectivity index (χ2n) is 5.79. The van der Waals surface area contributed by atoms with Crippen LogP contribution in [-0.4, -0.2) is 10.9 Å². The monoisotopic (exact) mass is 355 g/mol. The van der Waals surface area contributed by atoms with E-state index in [0.29, 0.717) is 15.7 Å². The van der Waals surface area contributed by atoms with Crippen molar-refractivity contribution < 1.29 is 9.18 Å². The lowest BCUT2D eigenvalue weighted by atomic mass is 10.1. The topological polar surface area (TPSA) is 54.0 Å². The minimum absolute atomic E-state index is 0.181. The number of benzene rings is 2. The molecule has 1 aromatic heterocycles. The lowest BCUT2D eigenvalue weighted by Gasteiger charge is -2.10. The standard InChI is InChI=1S/C19H18FN3OS/c1-11-5-4-6-12(2)16(11)23-18(24)17-13(3)21-19(25-17)22-15-9-7-14(20)8-10-15/h4-10H,1-3H3,(H,21,22)(H,23,24). The van der Waals surface area contributed by atoms with Crippen LogP contribution in [0.1, 0.15) is 26.5 Å². The fourth-order valence-electron chi connectivity index (χ4n) is 2.50. The van der Waals surface area contributed by atoms with Crippen LogP contribution in [0.4, 0.5) is 20.9 Å². The van der Waals surface area contributed by atoms with Crippen LogP contribution >= 0.6 is 11.3 Å². The lowest BCUT2D eigenvalue weighted by molar-refractivity contribution is 0.102. The number of para-hydroxylation sites is 1. The summed E-state index contributed by atoms with van der Waals surface area (Å²) < 4.78 is 13.0. The van der Waals surface area contributed by atoms with Gasteiger partial charge in [-0.05, 0) is 56.2 Å². The van der Waals surface area contributed by atoms with E-state index in [1.165, 1.54) is 23.5 Å². The number of carbonyl (C=O) groups excluding carboxylic acids is 1. The number of halogens is 1. The summed E-state index contributed by atoms with van der Waals surface area (Å²) in [5, 5.41) is 6.66. The van der Waals surface area contributed by atoms with E-state index in [0.717, 1.165) is 22.5 Å². The van der Waals surface area contributed by atoms with Gasteiger partial charge in [0.05, 0.1) is 5.69 Å². The Kier molecular flexibility index (Phi) is 4.81. The quantitative estimate of drug-likeness (QED) is 0.676. The van der Waals surface area contributed by atoms with Crippen LogP contribution in [0, 0.1) is 26.6 Å². The summed E-state index contributed by atoms with van der Waals surface area (Å²) in [4.78, 5) is 17.6. The van der Waals surface area contributed by atoms with Crippen molar-refractivity contribution in [2.24, 2.45) is 0 Å². The highest BCUT2D eigenvalue weighted by Crippen LogP contribution is 2.28. The molecule has 0 unspecified atom stereocenters. The fraction of sp³-hybridized carbons (Fsp3) is 0.158. The second kappa shape index (κ2) is 7.03. The Balaban J connectivity index is 1.80. The maximum absolute atomic E-state index is 13.0. The zero-order valence-electron chi connectivity index (χ0n) is 14.2. The van der Waals surface area contributed by atoms with Gasteiger partial charge in [0.1, 0.15) is 10.7 Å². The van der Waals surface area contributed by atoms with Crippen molar-refractivity contribution in [1.29, 1.82) is 0 Å². The molecule has 25 heavy (non-hydrogen) atoms. The van der Waals surface area contributed by atoms with Crippen molar-refractivity contribution in [3.05, 3.63) is 70.0 Å². The molecule has 0 aliphatic heterocycles. The number of aromatic nitrogens is 1. The van der Waals surface area contributed by atoms with E-state index in [4.69, 9.17) is 0 Å². The molecule has 2 aromatic carbocycles. The lowest BCUT2D eigenvalue weighted by Crippen LogP contribution is -2.13. The van der Waals surface area contributed by atoms with Crippen LogP contribution in [0.25, 0.3) is 0 Å². The molecule has 0 aliphatic carbocycles. The predicted octanol–water partition coefficient (Wildman–Crippen LogP) is 5.20. The SMILES string of the molecule is Cc1cccc(C)c1NC(=O)c1sc(Nc2ccc(F)cc2)nc1C. The smallest absolute Gasteiger partial charge is 0.267 e. The summed E-state index contributed by atoms with van der Waals surface area (Å²) in [5.41, 5.74) is 4.23. The first-order valence-corrected chi connectivity index (χ1v) is 8.63. The van der Waals surface area contributed by atoms with Crippen molar-refractivity contribution in [2.45, 2.75) is 20.8 Å². The normalized spacial score (nSPS) is 10.6. The minimum Gasteiger partial charge on any atom is -0.332 e. The first-order chi connectivity index (χ1) is 11.9. The van der Waals surface area contributed by atoms with E-state index in [1.54, 1.807) is 19.1 Å². The number of nitrogens with zero attached hydrogens (tertiary/aromatic N) is 1. The van der Waals surface area contributed by atoms with Gasteiger partial charge in [0, 0.05) is 11.4 Å². The number of carbonyl (C=O) groups is 1. The Labute approximate surface area is 149 Å². The molecule has 2 N–H and O–H groups in total. The maximum atomic E-state index is 13.0. The van der Waals surface area contributed by atoms with Gasteiger partial charge in [0.15, 0.2) is 5.13 Å². The van der Waals surface area contributed by atoms with Crippen LogP contribution in [-0.2, 0) is 0 Å². The number of hydrogen-bond acceptors (Lipinski definition) is 4. The van der Waals surface area contributed by atoms with Gasteiger partial charge in [-0.25, -0.2) is 9.37 Å². The molecule has 4 nitrogen and oxygen atoms in total. The van der Waals surface area contributed by atoms with Crippen molar-refractivity contribution in [1.82, 2.24) is 4.98 Å². The number of aryl methyl sites for hydroxylation is 3. The van der Waals surface area contributed by atoms with Gasteiger partial charge in [0.2, 0.25) is 0 Å². The third-order valence-corrected chi connectivity index (χ3v) is 4.89. The van der Waals surface area contributed by atoms with Gasteiger partial charge in [-0.15, -0.1) is 0 Å². The molecule has 0 spiro atoms. The summed E-state index contributed by atoms with van der Waals surface area (Å²) in [6.45, 7) is 5.72. The van der Waals surface area contributed by atoms with Crippen molar-refractivity contribution in [2.75, 3.05) is 10.6 Å². The van der Waals surface area contributed by atoms with Gasteiger partial charge < -0.3 is 10.6 Å². The molecule has 6 heteroatoms. The fourth-order valence-corrected chi connectivity index (χ4v) is 3.38. The third kappa shape index (κ3) is 3.85. The Morgan fingerprint density at radius 2 is 1.68 bits per heavy atom. The van der Waals surface area contributed by atoms with Crippen molar-refractivity contribution >= 4 is 33.8 Å². The van der Waals surface area contributed by atoms with Crippen LogP contribution < -0.4 is 10.6 Å². The van der Waals surface area contributed by atoms with Crippen LogP contribution in [0.3, 0.4) is 0 Å². The molecule has 0 aliphatic rings. The minimum atomic E-state index is -0.297. The van der Waals surface area contributed by atoms with Gasteiger partial charge >= 0.3 is 0 Å². The summed E-state index contributed by atoms with van der Waals surface area (Å²) in [7, 11) is 0. The van der Waals surface area contributed by atoms with E-state index in [2.05, 4.69) is 15.6 Å². The molecule has 128 valence electrons. The molecule has 1 heterocycles. The third-order valence-electron chi connectivity index (χ3n) is 3.82. The highest BCUT2D eigenvalue weighted by atomic mass is 32.1. The average molecular weight is 355 g/mol. The number of hydrogen-bond donors (Lipinski definition) is 2. The molecule has 1 amide bonds. The van der Waals surface area contributed by atoms with Crippen LogP contribution in [0.15, 0.2) is 42.5 Å². The average Bonchev–Trinajstić information content (AvgIpc) is 2.94. The van der Waals surface area contributed by atoms with E-state index < -0.39 is 0 Å². The molecule has 0 bridgehead atoms. The Morgan fingerprint density at radius 3 is 2.32 bits per heavy atom. The van der Waals surface area contributed by atoms with Gasteiger partial charge in [0.25, 0.3) is 5.91 Å². The molecule has 3 rings (SSSR count). The predicted molar refractivity (Wildman–Crippen MR) is 100 cm³/mol. The molecule has 0 saturated carbocycles. The second-order valence-corrected chi connectivity index (χ2v) is 6.79. The van der Waals surface area contributed by atoms with Crippen LogP contribution in [0.2, 0.25) is 0 Å². The first kappa shape index (κ1) is 17.1. The summed E-state index contributed by atoms with van der Waals surface area (Å²) in [6, 6.07) is 11.9. The number of rotatable bonds is 4. The molecule has 0 fully saturated rings. The molecule has 0 saturated heterocycles. The highest BCUT2D eigenvalue weighted by molar-refractivity contribution is 7.17. The molecule has 0 atom stereocenters. The number of amides is 1. The molecular weight excluding hydrogens is 337 g/mol. The Morgan fingerprint density at radius 1 is 1.04 bits per heavy atom. The Hall–Kier alpha value is -2.73. The van der Waals surface area contributed by atoms with E-state index >= 15 is 0 Å². The van der Waals surface area contributed by atoms with Crippen LogP contribution in [0.5, 0.6) is 0 Å². The largest absolute Gasteiger partial charge is 0.332 e. The van der Waals surface area contributed by atoms with E-state index in [9.17, 15) is 9.18 Å². The molecule has 3 aromatic rings. The molecular formula is C19H18FN3OS. The van der Waals surface area contributed by atoms with Gasteiger partial charge in [-0.3, -0.25) is 4.79 Å². The van der Waals surface area contributed by atoms with Gasteiger partial charge in [-0.1, -0.05) is 29.5 Å². The molecule has 0 radical (unpaired) electrons. The van der Waals surface area contributed by atoms with E-state index in [1.807, 2.05) is 32.0 Å². The van der Waals surface area contributed by atoms with Crippen molar-refractivity contribution in [3.8, 4) is 0 Å². The number of nitrogens with one attached hydrogen (secondary N) is 2. The van der Waals surface area contributed by atoms with E-state index in [-0.39, 0.29) is 11.7 Å². The summed E-state index contributed by atoms with van der Waals surface area (Å²) in [5.74, 6) is -0.478. The zero-order chi connectivity index (χ0) is 18.0. The summed E-state index contributed by atoms with van der Waals surface area (Å²) in [6.07, 6.45) is 0.